The first-order chi connectivity index (χ1) is 12.1. The Hall–Kier alpha value is -3.75. The molecule has 0 unspecified atom stereocenters. The van der Waals surface area contributed by atoms with Gasteiger partial charge in [-0.3, -0.25) is 20.6 Å². The number of nitrogens with one attached hydrogen (secondary N) is 3. The fourth-order valence-corrected chi connectivity index (χ4v) is 1.95. The SMILES string of the molecule is Cc1ccc(Nc2ncnc(NNC(=O)c3ccncc3)c2N)nc1. The molecule has 3 aromatic heterocycles. The molecular formula is C16H16N8O. The zero-order chi connectivity index (χ0) is 17.6. The summed E-state index contributed by atoms with van der Waals surface area (Å²) in [6.07, 6.45) is 6.12. The van der Waals surface area contributed by atoms with Crippen LogP contribution in [0.5, 0.6) is 0 Å². The van der Waals surface area contributed by atoms with Crippen molar-refractivity contribution in [3.05, 3.63) is 60.3 Å². The van der Waals surface area contributed by atoms with Gasteiger partial charge in [-0.15, -0.1) is 0 Å². The number of carbonyl (C=O) groups is 1. The van der Waals surface area contributed by atoms with Gasteiger partial charge >= 0.3 is 0 Å². The largest absolute Gasteiger partial charge is 0.393 e. The summed E-state index contributed by atoms with van der Waals surface area (Å²) in [4.78, 5) is 28.2. The summed E-state index contributed by atoms with van der Waals surface area (Å²) in [6.45, 7) is 1.95. The van der Waals surface area contributed by atoms with Crippen LogP contribution in [0, 0.1) is 6.92 Å². The Morgan fingerprint density at radius 2 is 1.80 bits per heavy atom. The molecule has 1 amide bonds. The molecule has 0 saturated carbocycles. The first kappa shape index (κ1) is 16.1. The van der Waals surface area contributed by atoms with Crippen LogP contribution in [0.2, 0.25) is 0 Å². The third kappa shape index (κ3) is 3.96. The molecule has 0 aromatic carbocycles. The molecule has 5 N–H and O–H groups in total. The smallest absolute Gasteiger partial charge is 0.269 e. The van der Waals surface area contributed by atoms with Crippen molar-refractivity contribution < 1.29 is 4.79 Å². The number of aryl methyl sites for hydroxylation is 1. The molecule has 25 heavy (non-hydrogen) atoms. The Morgan fingerprint density at radius 3 is 2.52 bits per heavy atom. The molecule has 0 fully saturated rings. The number of rotatable bonds is 5. The van der Waals surface area contributed by atoms with E-state index >= 15 is 0 Å². The van der Waals surface area contributed by atoms with E-state index < -0.39 is 0 Å². The molecule has 3 rings (SSSR count). The fourth-order valence-electron chi connectivity index (χ4n) is 1.95. The number of nitrogen functional groups attached to an aromatic ring is 1. The summed E-state index contributed by atoms with van der Waals surface area (Å²) in [6, 6.07) is 6.92. The predicted molar refractivity (Wildman–Crippen MR) is 94.0 cm³/mol. The van der Waals surface area contributed by atoms with Gasteiger partial charge in [0.1, 0.15) is 17.8 Å². The van der Waals surface area contributed by atoms with Crippen molar-refractivity contribution in [1.29, 1.82) is 0 Å². The van der Waals surface area contributed by atoms with Crippen LogP contribution in [0.25, 0.3) is 0 Å². The second-order valence-electron chi connectivity index (χ2n) is 5.15. The average molecular weight is 336 g/mol. The number of aromatic nitrogens is 4. The third-order valence-electron chi connectivity index (χ3n) is 3.28. The Bertz CT molecular complexity index is 867. The first-order valence-electron chi connectivity index (χ1n) is 7.40. The minimum atomic E-state index is -0.338. The first-order valence-corrected chi connectivity index (χ1v) is 7.40. The highest BCUT2D eigenvalue weighted by molar-refractivity contribution is 5.95. The molecule has 9 heteroatoms. The zero-order valence-electron chi connectivity index (χ0n) is 13.4. The van der Waals surface area contributed by atoms with Crippen molar-refractivity contribution in [3.63, 3.8) is 0 Å². The van der Waals surface area contributed by atoms with Gasteiger partial charge in [-0.2, -0.15) is 0 Å². The molecular weight excluding hydrogens is 320 g/mol. The van der Waals surface area contributed by atoms with Crippen LogP contribution in [0.15, 0.2) is 49.2 Å². The lowest BCUT2D eigenvalue weighted by Gasteiger charge is -2.12. The Kier molecular flexibility index (Phi) is 4.65. The third-order valence-corrected chi connectivity index (χ3v) is 3.28. The monoisotopic (exact) mass is 336 g/mol. The number of nitrogens with two attached hydrogens (primary N) is 1. The van der Waals surface area contributed by atoms with Gasteiger partial charge in [0.15, 0.2) is 11.6 Å². The second kappa shape index (κ2) is 7.21. The van der Waals surface area contributed by atoms with E-state index in [1.807, 2.05) is 19.1 Å². The highest BCUT2D eigenvalue weighted by Crippen LogP contribution is 2.24. The maximum absolute atomic E-state index is 12.0. The van der Waals surface area contributed by atoms with Crippen molar-refractivity contribution in [3.8, 4) is 0 Å². The van der Waals surface area contributed by atoms with Crippen LogP contribution < -0.4 is 21.9 Å². The van der Waals surface area contributed by atoms with E-state index in [1.165, 1.54) is 18.7 Å². The zero-order valence-corrected chi connectivity index (χ0v) is 13.4. The summed E-state index contributed by atoms with van der Waals surface area (Å²) < 4.78 is 0. The molecule has 0 atom stereocenters. The summed E-state index contributed by atoms with van der Waals surface area (Å²) >= 11 is 0. The van der Waals surface area contributed by atoms with Gasteiger partial charge in [-0.25, -0.2) is 15.0 Å². The van der Waals surface area contributed by atoms with Gasteiger partial charge in [0.2, 0.25) is 0 Å². The minimum Gasteiger partial charge on any atom is -0.393 e. The van der Waals surface area contributed by atoms with E-state index in [9.17, 15) is 4.79 Å². The van der Waals surface area contributed by atoms with Gasteiger partial charge in [0.05, 0.1) is 0 Å². The molecule has 3 aromatic rings. The van der Waals surface area contributed by atoms with E-state index in [4.69, 9.17) is 5.73 Å². The molecule has 3 heterocycles. The molecule has 0 aliphatic rings. The van der Waals surface area contributed by atoms with Gasteiger partial charge in [-0.05, 0) is 30.7 Å². The standard InChI is InChI=1S/C16H16N8O/c1-10-2-3-12(19-8-10)22-14-13(17)15(21-9-20-14)23-24-16(25)11-4-6-18-7-5-11/h2-9H,17H2,1H3,(H,24,25)(H2,19,20,21,22,23). The Balaban J connectivity index is 1.70. The van der Waals surface area contributed by atoms with Crippen molar-refractivity contribution >= 4 is 29.0 Å². The number of amides is 1. The maximum Gasteiger partial charge on any atom is 0.269 e. The quantitative estimate of drug-likeness (QED) is 0.517. The normalized spacial score (nSPS) is 10.1. The van der Waals surface area contributed by atoms with Crippen molar-refractivity contribution in [2.24, 2.45) is 0 Å². The number of hydrogen-bond acceptors (Lipinski definition) is 8. The lowest BCUT2D eigenvalue weighted by Crippen LogP contribution is -2.30. The van der Waals surface area contributed by atoms with Gasteiger partial charge in [0.25, 0.3) is 5.91 Å². The van der Waals surface area contributed by atoms with Crippen LogP contribution in [0.4, 0.5) is 23.1 Å². The molecule has 0 radical (unpaired) electrons. The molecule has 126 valence electrons. The maximum atomic E-state index is 12.0. The number of anilines is 4. The van der Waals surface area contributed by atoms with E-state index in [1.54, 1.807) is 18.3 Å². The summed E-state index contributed by atoms with van der Waals surface area (Å²) in [5.41, 5.74) is 13.0. The second-order valence-corrected chi connectivity index (χ2v) is 5.15. The molecule has 0 aliphatic carbocycles. The van der Waals surface area contributed by atoms with Gasteiger partial charge in [-0.1, -0.05) is 6.07 Å². The number of carbonyl (C=O) groups excluding carboxylic acids is 1. The van der Waals surface area contributed by atoms with Crippen molar-refractivity contribution in [2.45, 2.75) is 6.92 Å². The minimum absolute atomic E-state index is 0.250. The van der Waals surface area contributed by atoms with E-state index in [0.29, 0.717) is 17.2 Å². The molecule has 0 bridgehead atoms. The number of hydrazine groups is 1. The molecule has 0 aliphatic heterocycles. The van der Waals surface area contributed by atoms with Crippen LogP contribution in [0.3, 0.4) is 0 Å². The highest BCUT2D eigenvalue weighted by atomic mass is 16.2. The van der Waals surface area contributed by atoms with E-state index in [-0.39, 0.29) is 17.4 Å². The highest BCUT2D eigenvalue weighted by Gasteiger charge is 2.10. The van der Waals surface area contributed by atoms with Gasteiger partial charge in [0, 0.05) is 24.2 Å². The lowest BCUT2D eigenvalue weighted by molar-refractivity contribution is 0.0962. The Labute approximate surface area is 143 Å². The lowest BCUT2D eigenvalue weighted by atomic mass is 10.3. The van der Waals surface area contributed by atoms with Crippen molar-refractivity contribution in [2.75, 3.05) is 16.5 Å². The van der Waals surface area contributed by atoms with Crippen LogP contribution in [-0.2, 0) is 0 Å². The summed E-state index contributed by atoms with van der Waals surface area (Å²) in [7, 11) is 0. The molecule has 9 nitrogen and oxygen atoms in total. The molecule has 0 spiro atoms. The Morgan fingerprint density at radius 1 is 1.04 bits per heavy atom. The predicted octanol–water partition coefficient (Wildman–Crippen LogP) is 1.66. The topological polar surface area (TPSA) is 131 Å². The average Bonchev–Trinajstić information content (AvgIpc) is 2.64. The van der Waals surface area contributed by atoms with E-state index in [0.717, 1.165) is 5.56 Å². The fraction of sp³-hybridized carbons (Fsp3) is 0.0625. The number of hydrogen-bond donors (Lipinski definition) is 4. The van der Waals surface area contributed by atoms with Crippen LogP contribution in [0.1, 0.15) is 15.9 Å². The van der Waals surface area contributed by atoms with Crippen LogP contribution in [-0.4, -0.2) is 25.8 Å². The summed E-state index contributed by atoms with van der Waals surface area (Å²) in [5, 5.41) is 3.01. The number of nitrogens with zero attached hydrogens (tertiary/aromatic N) is 4. The number of pyridine rings is 2. The van der Waals surface area contributed by atoms with E-state index in [2.05, 4.69) is 36.1 Å². The summed E-state index contributed by atoms with van der Waals surface area (Å²) in [5.74, 6) is 0.914. The molecule has 0 saturated heterocycles. The van der Waals surface area contributed by atoms with Crippen molar-refractivity contribution in [1.82, 2.24) is 25.4 Å². The van der Waals surface area contributed by atoms with Crippen LogP contribution >= 0.6 is 0 Å². The van der Waals surface area contributed by atoms with Gasteiger partial charge < -0.3 is 11.1 Å².